The minimum atomic E-state index is -0.164. The number of carbonyl (C=O) groups excluding carboxylic acids is 3. The topological polar surface area (TPSA) is 69.7 Å². The van der Waals surface area contributed by atoms with E-state index >= 15 is 0 Å². The van der Waals surface area contributed by atoms with Crippen LogP contribution in [0.25, 0.3) is 0 Å². The molecule has 140 valence electrons. The Hall–Kier alpha value is -3.15. The van der Waals surface area contributed by atoms with Crippen LogP contribution in [-0.4, -0.2) is 53.7 Å². The number of anilines is 1. The van der Waals surface area contributed by atoms with Crippen molar-refractivity contribution in [1.82, 2.24) is 9.80 Å². The summed E-state index contributed by atoms with van der Waals surface area (Å²) in [6.45, 7) is 3.87. The van der Waals surface area contributed by atoms with E-state index in [4.69, 9.17) is 0 Å². The fourth-order valence-electron chi connectivity index (χ4n) is 3.06. The number of nitrogens with zero attached hydrogens (tertiary/aromatic N) is 2. The van der Waals surface area contributed by atoms with Crippen molar-refractivity contribution in [2.75, 3.05) is 31.5 Å². The van der Waals surface area contributed by atoms with Gasteiger partial charge >= 0.3 is 0 Å². The Morgan fingerprint density at radius 3 is 2.04 bits per heavy atom. The van der Waals surface area contributed by atoms with Crippen LogP contribution in [0.3, 0.4) is 0 Å². The molecule has 3 rings (SSSR count). The molecule has 3 amide bonds. The highest BCUT2D eigenvalue weighted by molar-refractivity contribution is 6.04. The number of carbonyl (C=O) groups is 3. The number of hydrogen-bond acceptors (Lipinski definition) is 3. The molecule has 1 aliphatic rings. The van der Waals surface area contributed by atoms with Gasteiger partial charge in [-0.15, -0.1) is 0 Å². The number of hydrogen-bond donors (Lipinski definition) is 1. The zero-order chi connectivity index (χ0) is 19.2. The lowest BCUT2D eigenvalue weighted by atomic mass is 10.1. The molecule has 1 N–H and O–H groups in total. The van der Waals surface area contributed by atoms with Crippen molar-refractivity contribution in [3.8, 4) is 0 Å². The van der Waals surface area contributed by atoms with Crippen LogP contribution in [-0.2, 0) is 16.0 Å². The van der Waals surface area contributed by atoms with E-state index in [2.05, 4.69) is 5.32 Å². The first-order valence-electron chi connectivity index (χ1n) is 9.01. The standard InChI is InChI=1S/C21H23N3O3/c1-16(25)23-11-13-24(14-12-23)20(26)15-17-7-9-19(10-8-17)22-21(27)18-5-3-2-4-6-18/h2-10H,11-15H2,1H3,(H,22,27). The maximum Gasteiger partial charge on any atom is 0.255 e. The van der Waals surface area contributed by atoms with E-state index in [0.29, 0.717) is 43.9 Å². The van der Waals surface area contributed by atoms with Crippen molar-refractivity contribution in [3.05, 3.63) is 65.7 Å². The quantitative estimate of drug-likeness (QED) is 0.903. The zero-order valence-corrected chi connectivity index (χ0v) is 15.4. The molecular weight excluding hydrogens is 342 g/mol. The highest BCUT2D eigenvalue weighted by atomic mass is 16.2. The molecule has 6 nitrogen and oxygen atoms in total. The Morgan fingerprint density at radius 2 is 1.44 bits per heavy atom. The van der Waals surface area contributed by atoms with Crippen LogP contribution >= 0.6 is 0 Å². The van der Waals surface area contributed by atoms with E-state index in [1.807, 2.05) is 30.3 Å². The minimum Gasteiger partial charge on any atom is -0.339 e. The summed E-state index contributed by atoms with van der Waals surface area (Å²) in [5, 5.41) is 2.85. The summed E-state index contributed by atoms with van der Waals surface area (Å²) in [7, 11) is 0. The number of benzene rings is 2. The van der Waals surface area contributed by atoms with Crippen LogP contribution in [0.1, 0.15) is 22.8 Å². The summed E-state index contributed by atoms with van der Waals surface area (Å²) >= 11 is 0. The van der Waals surface area contributed by atoms with E-state index in [9.17, 15) is 14.4 Å². The van der Waals surface area contributed by atoms with E-state index in [1.165, 1.54) is 0 Å². The van der Waals surface area contributed by atoms with Crippen LogP contribution in [0.15, 0.2) is 54.6 Å². The van der Waals surface area contributed by atoms with Gasteiger partial charge in [0.25, 0.3) is 5.91 Å². The molecule has 0 aromatic heterocycles. The normalized spacial score (nSPS) is 14.0. The second kappa shape index (κ2) is 8.49. The van der Waals surface area contributed by atoms with E-state index in [-0.39, 0.29) is 17.7 Å². The molecule has 0 radical (unpaired) electrons. The molecule has 2 aromatic rings. The average molecular weight is 365 g/mol. The minimum absolute atomic E-state index is 0.0511. The van der Waals surface area contributed by atoms with Crippen LogP contribution in [0.5, 0.6) is 0 Å². The molecule has 1 fully saturated rings. The summed E-state index contributed by atoms with van der Waals surface area (Å²) in [5.41, 5.74) is 2.18. The lowest BCUT2D eigenvalue weighted by Gasteiger charge is -2.34. The van der Waals surface area contributed by atoms with Gasteiger partial charge in [0.05, 0.1) is 6.42 Å². The molecular formula is C21H23N3O3. The molecule has 1 saturated heterocycles. The molecule has 0 atom stereocenters. The summed E-state index contributed by atoms with van der Waals surface area (Å²) < 4.78 is 0. The summed E-state index contributed by atoms with van der Waals surface area (Å²) in [6.07, 6.45) is 0.312. The molecule has 1 aliphatic heterocycles. The number of nitrogens with one attached hydrogen (secondary N) is 1. The molecule has 0 spiro atoms. The van der Waals surface area contributed by atoms with E-state index < -0.39 is 0 Å². The number of amides is 3. The van der Waals surface area contributed by atoms with Gasteiger partial charge in [-0.3, -0.25) is 14.4 Å². The fourth-order valence-corrected chi connectivity index (χ4v) is 3.06. The number of rotatable bonds is 4. The van der Waals surface area contributed by atoms with Gasteiger partial charge in [-0.25, -0.2) is 0 Å². The van der Waals surface area contributed by atoms with Crippen molar-refractivity contribution >= 4 is 23.4 Å². The van der Waals surface area contributed by atoms with Crippen LogP contribution in [0.2, 0.25) is 0 Å². The van der Waals surface area contributed by atoms with Crippen molar-refractivity contribution in [1.29, 1.82) is 0 Å². The predicted octanol–water partition coefficient (Wildman–Crippen LogP) is 2.17. The van der Waals surface area contributed by atoms with E-state index in [0.717, 1.165) is 5.56 Å². The Balaban J connectivity index is 1.52. The molecule has 0 unspecified atom stereocenters. The maximum absolute atomic E-state index is 12.4. The van der Waals surface area contributed by atoms with Crippen LogP contribution < -0.4 is 5.32 Å². The third kappa shape index (κ3) is 4.94. The molecule has 0 saturated carbocycles. The van der Waals surface area contributed by atoms with Gasteiger partial charge in [0.2, 0.25) is 11.8 Å². The lowest BCUT2D eigenvalue weighted by molar-refractivity contribution is -0.138. The molecule has 6 heteroatoms. The predicted molar refractivity (Wildman–Crippen MR) is 103 cm³/mol. The highest BCUT2D eigenvalue weighted by Crippen LogP contribution is 2.13. The molecule has 2 aromatic carbocycles. The third-order valence-corrected chi connectivity index (χ3v) is 4.68. The van der Waals surface area contributed by atoms with Gasteiger partial charge < -0.3 is 15.1 Å². The second-order valence-corrected chi connectivity index (χ2v) is 6.58. The van der Waals surface area contributed by atoms with E-state index in [1.54, 1.807) is 41.0 Å². The fraction of sp³-hybridized carbons (Fsp3) is 0.286. The van der Waals surface area contributed by atoms with Crippen LogP contribution in [0, 0.1) is 0 Å². The summed E-state index contributed by atoms with van der Waals surface area (Å²) in [6, 6.07) is 16.3. The lowest BCUT2D eigenvalue weighted by Crippen LogP contribution is -2.50. The largest absolute Gasteiger partial charge is 0.339 e. The van der Waals surface area contributed by atoms with Crippen molar-refractivity contribution in [3.63, 3.8) is 0 Å². The van der Waals surface area contributed by atoms with Gasteiger partial charge in [-0.1, -0.05) is 30.3 Å². The van der Waals surface area contributed by atoms with Crippen molar-refractivity contribution in [2.45, 2.75) is 13.3 Å². The van der Waals surface area contributed by atoms with Crippen molar-refractivity contribution < 1.29 is 14.4 Å². The van der Waals surface area contributed by atoms with Gasteiger partial charge in [-0.2, -0.15) is 0 Å². The Labute approximate surface area is 158 Å². The SMILES string of the molecule is CC(=O)N1CCN(C(=O)Cc2ccc(NC(=O)c3ccccc3)cc2)CC1. The van der Waals surface area contributed by atoms with Crippen molar-refractivity contribution in [2.24, 2.45) is 0 Å². The van der Waals surface area contributed by atoms with Gasteiger partial charge in [0, 0.05) is 44.4 Å². The second-order valence-electron chi connectivity index (χ2n) is 6.58. The summed E-state index contributed by atoms with van der Waals surface area (Å²) in [4.78, 5) is 39.5. The van der Waals surface area contributed by atoms with Gasteiger partial charge in [-0.05, 0) is 29.8 Å². The monoisotopic (exact) mass is 365 g/mol. The Kier molecular flexibility index (Phi) is 5.86. The first kappa shape index (κ1) is 18.6. The summed E-state index contributed by atoms with van der Waals surface area (Å²) in [5.74, 6) is -0.0581. The van der Waals surface area contributed by atoms with Gasteiger partial charge in [0.1, 0.15) is 0 Å². The first-order chi connectivity index (χ1) is 13.0. The zero-order valence-electron chi connectivity index (χ0n) is 15.4. The molecule has 1 heterocycles. The number of piperazine rings is 1. The smallest absolute Gasteiger partial charge is 0.255 e. The molecule has 0 bridgehead atoms. The molecule has 27 heavy (non-hydrogen) atoms. The van der Waals surface area contributed by atoms with Gasteiger partial charge in [0.15, 0.2) is 0 Å². The Bertz CT molecular complexity index is 810. The first-order valence-corrected chi connectivity index (χ1v) is 9.01. The third-order valence-electron chi connectivity index (χ3n) is 4.68. The van der Waals surface area contributed by atoms with Crippen LogP contribution in [0.4, 0.5) is 5.69 Å². The average Bonchev–Trinajstić information content (AvgIpc) is 2.70. The molecule has 0 aliphatic carbocycles. The maximum atomic E-state index is 12.4. The highest BCUT2D eigenvalue weighted by Gasteiger charge is 2.22. The Morgan fingerprint density at radius 1 is 0.852 bits per heavy atom.